The van der Waals surface area contributed by atoms with Crippen LogP contribution in [-0.2, 0) is 21.3 Å². The molecule has 8 nitrogen and oxygen atoms in total. The predicted octanol–water partition coefficient (Wildman–Crippen LogP) is 3.80. The van der Waals surface area contributed by atoms with Gasteiger partial charge in [-0.05, 0) is 36.1 Å². The Kier molecular flexibility index (Phi) is 6.59. The lowest BCUT2D eigenvalue weighted by Gasteiger charge is -2.26. The lowest BCUT2D eigenvalue weighted by molar-refractivity contribution is 0.0730. The minimum atomic E-state index is -3.58. The van der Waals surface area contributed by atoms with Crippen molar-refractivity contribution >= 4 is 15.7 Å². The van der Waals surface area contributed by atoms with E-state index in [2.05, 4.69) is 41.4 Å². The maximum atomic E-state index is 13.1. The van der Waals surface area contributed by atoms with Crippen LogP contribution in [0, 0.1) is 6.92 Å². The van der Waals surface area contributed by atoms with Crippen molar-refractivity contribution in [3.05, 3.63) is 59.5 Å². The smallest absolute Gasteiger partial charge is 0.246 e. The first-order valence-corrected chi connectivity index (χ1v) is 12.1. The van der Waals surface area contributed by atoms with Gasteiger partial charge in [-0.15, -0.1) is 0 Å². The number of hydrogen-bond acceptors (Lipinski definition) is 7. The minimum Gasteiger partial charge on any atom is -0.379 e. The Hall–Kier alpha value is -2.75. The summed E-state index contributed by atoms with van der Waals surface area (Å²) in [7, 11) is -3.58. The summed E-state index contributed by atoms with van der Waals surface area (Å²) in [6.07, 6.45) is 0. The first-order valence-electron chi connectivity index (χ1n) is 10.7. The van der Waals surface area contributed by atoms with Crippen LogP contribution >= 0.6 is 0 Å². The zero-order valence-corrected chi connectivity index (χ0v) is 19.4. The molecule has 170 valence electrons. The third kappa shape index (κ3) is 4.85. The quantitative estimate of drug-likeness (QED) is 0.577. The summed E-state index contributed by atoms with van der Waals surface area (Å²) in [6.45, 7) is 7.94. The first kappa shape index (κ1) is 22.4. The van der Waals surface area contributed by atoms with Gasteiger partial charge >= 0.3 is 0 Å². The Labute approximate surface area is 188 Å². The highest BCUT2D eigenvalue weighted by atomic mass is 32.2. The maximum absolute atomic E-state index is 13.1. The fraction of sp³-hybridized carbons (Fsp3) is 0.391. The van der Waals surface area contributed by atoms with Crippen molar-refractivity contribution in [2.45, 2.75) is 38.1 Å². The molecular formula is C23H28N4O4S. The topological polar surface area (TPSA) is 97.6 Å². The van der Waals surface area contributed by atoms with Crippen molar-refractivity contribution in [3.63, 3.8) is 0 Å². The number of nitrogens with zero attached hydrogens (tertiary/aromatic N) is 3. The van der Waals surface area contributed by atoms with Gasteiger partial charge < -0.3 is 14.6 Å². The van der Waals surface area contributed by atoms with Crippen LogP contribution in [0.15, 0.2) is 51.9 Å². The van der Waals surface area contributed by atoms with Gasteiger partial charge in [0.05, 0.1) is 24.7 Å². The van der Waals surface area contributed by atoms with Crippen LogP contribution in [0.4, 0.5) is 5.69 Å². The van der Waals surface area contributed by atoms with E-state index in [0.29, 0.717) is 60.1 Å². The molecule has 0 unspecified atom stereocenters. The third-order valence-corrected chi connectivity index (χ3v) is 7.56. The molecule has 9 heteroatoms. The highest BCUT2D eigenvalue weighted by Gasteiger charge is 2.28. The molecule has 1 aliphatic rings. The van der Waals surface area contributed by atoms with Crippen molar-refractivity contribution in [2.75, 3.05) is 31.6 Å². The number of hydrogen-bond donors (Lipinski definition) is 1. The Bertz CT molecular complexity index is 1170. The molecule has 0 aliphatic carbocycles. The second-order valence-corrected chi connectivity index (χ2v) is 10.0. The average Bonchev–Trinajstić information content (AvgIpc) is 3.28. The molecule has 0 bridgehead atoms. The Morgan fingerprint density at radius 2 is 1.81 bits per heavy atom. The molecule has 2 heterocycles. The third-order valence-electron chi connectivity index (χ3n) is 5.52. The highest BCUT2D eigenvalue weighted by Crippen LogP contribution is 2.25. The van der Waals surface area contributed by atoms with E-state index in [1.54, 1.807) is 19.1 Å². The molecule has 0 saturated carbocycles. The van der Waals surface area contributed by atoms with Crippen LogP contribution < -0.4 is 5.32 Å². The largest absolute Gasteiger partial charge is 0.379 e. The van der Waals surface area contributed by atoms with E-state index in [-0.39, 0.29) is 6.54 Å². The highest BCUT2D eigenvalue weighted by molar-refractivity contribution is 7.89. The zero-order valence-electron chi connectivity index (χ0n) is 18.5. The number of benzene rings is 2. The fourth-order valence-electron chi connectivity index (χ4n) is 3.55. The molecule has 0 spiro atoms. The summed E-state index contributed by atoms with van der Waals surface area (Å²) in [5.41, 5.74) is 3.51. The summed E-state index contributed by atoms with van der Waals surface area (Å²) >= 11 is 0. The molecule has 32 heavy (non-hydrogen) atoms. The Morgan fingerprint density at radius 3 is 2.50 bits per heavy atom. The van der Waals surface area contributed by atoms with Crippen LogP contribution in [-0.4, -0.2) is 49.2 Å². The molecule has 1 fully saturated rings. The lowest BCUT2D eigenvalue weighted by atomic mass is 10.0. The number of anilines is 1. The number of ether oxygens (including phenoxy) is 1. The zero-order chi connectivity index (χ0) is 22.7. The molecule has 0 radical (unpaired) electrons. The Morgan fingerprint density at radius 1 is 1.09 bits per heavy atom. The Balaban J connectivity index is 1.46. The van der Waals surface area contributed by atoms with Gasteiger partial charge in [-0.3, -0.25) is 0 Å². The van der Waals surface area contributed by atoms with E-state index in [0.717, 1.165) is 5.56 Å². The molecule has 4 rings (SSSR count). The number of morpholine rings is 1. The van der Waals surface area contributed by atoms with Gasteiger partial charge in [-0.25, -0.2) is 8.42 Å². The van der Waals surface area contributed by atoms with Crippen LogP contribution in [0.25, 0.3) is 11.4 Å². The number of aryl methyl sites for hydroxylation is 1. The second-order valence-electron chi connectivity index (χ2n) is 8.14. The van der Waals surface area contributed by atoms with Gasteiger partial charge in [0.25, 0.3) is 0 Å². The van der Waals surface area contributed by atoms with Crippen LogP contribution in [0.3, 0.4) is 0 Å². The van der Waals surface area contributed by atoms with E-state index >= 15 is 0 Å². The van der Waals surface area contributed by atoms with Crippen molar-refractivity contribution < 1.29 is 17.7 Å². The van der Waals surface area contributed by atoms with Crippen molar-refractivity contribution in [1.82, 2.24) is 14.4 Å². The fourth-order valence-corrected chi connectivity index (χ4v) is 5.21. The molecule has 1 N–H and O–H groups in total. The maximum Gasteiger partial charge on any atom is 0.246 e. The molecule has 0 amide bonds. The van der Waals surface area contributed by atoms with E-state index in [9.17, 15) is 8.42 Å². The SMILES string of the molecule is Cc1ccc(NCc2nc(-c3ccc(C(C)C)cc3)no2)cc1S(=O)(=O)N1CCOCC1. The molecular weight excluding hydrogens is 428 g/mol. The van der Waals surface area contributed by atoms with Gasteiger partial charge in [0, 0.05) is 24.3 Å². The molecule has 1 aliphatic heterocycles. The molecule has 1 saturated heterocycles. The number of sulfonamides is 1. The second kappa shape index (κ2) is 9.40. The van der Waals surface area contributed by atoms with Crippen molar-refractivity contribution in [3.8, 4) is 11.4 Å². The van der Waals surface area contributed by atoms with E-state index in [1.165, 1.54) is 9.87 Å². The van der Waals surface area contributed by atoms with Gasteiger partial charge in [-0.1, -0.05) is 49.3 Å². The summed E-state index contributed by atoms with van der Waals surface area (Å²) in [5.74, 6) is 1.41. The summed E-state index contributed by atoms with van der Waals surface area (Å²) < 4.78 is 38.2. The van der Waals surface area contributed by atoms with Gasteiger partial charge in [0.15, 0.2) is 0 Å². The standard InChI is InChI=1S/C23H28N4O4S/c1-16(2)18-5-7-19(8-6-18)23-25-22(31-26-23)15-24-20-9-4-17(3)21(14-20)32(28,29)27-10-12-30-13-11-27/h4-9,14,16,24H,10-13,15H2,1-3H3. The van der Waals surface area contributed by atoms with Crippen molar-refractivity contribution in [1.29, 1.82) is 0 Å². The van der Waals surface area contributed by atoms with E-state index in [4.69, 9.17) is 9.26 Å². The summed E-state index contributed by atoms with van der Waals surface area (Å²) in [5, 5.41) is 7.25. The van der Waals surface area contributed by atoms with Crippen LogP contribution in [0.2, 0.25) is 0 Å². The molecule has 2 aromatic carbocycles. The lowest BCUT2D eigenvalue weighted by Crippen LogP contribution is -2.40. The number of nitrogens with one attached hydrogen (secondary N) is 1. The van der Waals surface area contributed by atoms with Crippen LogP contribution in [0.1, 0.15) is 36.8 Å². The van der Waals surface area contributed by atoms with E-state index < -0.39 is 10.0 Å². The normalized spacial score (nSPS) is 15.2. The number of rotatable bonds is 7. The first-order chi connectivity index (χ1) is 15.3. The summed E-state index contributed by atoms with van der Waals surface area (Å²) in [6, 6.07) is 13.4. The average molecular weight is 457 g/mol. The monoisotopic (exact) mass is 456 g/mol. The molecule has 1 aromatic heterocycles. The predicted molar refractivity (Wildman–Crippen MR) is 122 cm³/mol. The van der Waals surface area contributed by atoms with E-state index in [1.807, 2.05) is 18.2 Å². The van der Waals surface area contributed by atoms with Crippen molar-refractivity contribution in [2.24, 2.45) is 0 Å². The van der Waals surface area contributed by atoms with Gasteiger partial charge in [-0.2, -0.15) is 9.29 Å². The summed E-state index contributed by atoms with van der Waals surface area (Å²) in [4.78, 5) is 4.74. The molecule has 3 aromatic rings. The van der Waals surface area contributed by atoms with Gasteiger partial charge in [0.1, 0.15) is 0 Å². The molecule has 0 atom stereocenters. The van der Waals surface area contributed by atoms with Crippen LogP contribution in [0.5, 0.6) is 0 Å². The minimum absolute atomic E-state index is 0.289. The van der Waals surface area contributed by atoms with Gasteiger partial charge in [0.2, 0.25) is 21.7 Å². The number of aromatic nitrogens is 2.